The van der Waals surface area contributed by atoms with Crippen molar-refractivity contribution in [2.45, 2.75) is 19.8 Å². The number of hydrogen-bond donors (Lipinski definition) is 2. The van der Waals surface area contributed by atoms with Crippen LogP contribution in [0.25, 0.3) is 6.08 Å². The first-order valence-corrected chi connectivity index (χ1v) is 8.50. The zero-order valence-corrected chi connectivity index (χ0v) is 14.9. The highest BCUT2D eigenvalue weighted by atomic mass is 32.1. The molecule has 0 saturated heterocycles. The number of benzene rings is 1. The smallest absolute Gasteiger partial charge is 0.269 e. The summed E-state index contributed by atoms with van der Waals surface area (Å²) in [6, 6.07) is 5.74. The van der Waals surface area contributed by atoms with E-state index in [1.165, 1.54) is 47.8 Å². The Hall–Kier alpha value is -3.14. The number of aromatic nitrogens is 2. The van der Waals surface area contributed by atoms with Crippen LogP contribution in [0.3, 0.4) is 0 Å². The molecule has 0 unspecified atom stereocenters. The topological polar surface area (TPSA) is 127 Å². The van der Waals surface area contributed by atoms with Crippen molar-refractivity contribution < 1.29 is 14.5 Å². The Balaban J connectivity index is 1.79. The van der Waals surface area contributed by atoms with Gasteiger partial charge in [0.1, 0.15) is 5.01 Å². The molecule has 9 nitrogen and oxygen atoms in total. The number of anilines is 1. The highest BCUT2D eigenvalue weighted by Crippen LogP contribution is 2.22. The zero-order valence-electron chi connectivity index (χ0n) is 14.1. The van der Waals surface area contributed by atoms with Gasteiger partial charge >= 0.3 is 0 Å². The Morgan fingerprint density at radius 1 is 1.27 bits per heavy atom. The first-order chi connectivity index (χ1) is 12.3. The molecule has 0 saturated carbocycles. The molecule has 0 aliphatic heterocycles. The third-order valence-electron chi connectivity index (χ3n) is 3.14. The van der Waals surface area contributed by atoms with Gasteiger partial charge in [0.05, 0.1) is 11.5 Å². The molecule has 0 atom stereocenters. The second-order valence-electron chi connectivity index (χ2n) is 5.55. The molecule has 1 heterocycles. The quantitative estimate of drug-likeness (QED) is 0.434. The van der Waals surface area contributed by atoms with Crippen LogP contribution in [0.15, 0.2) is 30.3 Å². The van der Waals surface area contributed by atoms with E-state index in [1.807, 2.05) is 13.8 Å². The summed E-state index contributed by atoms with van der Waals surface area (Å²) in [5.41, 5.74) is 0.603. The molecule has 0 aliphatic rings. The number of nitro benzene ring substituents is 1. The summed E-state index contributed by atoms with van der Waals surface area (Å²) in [5, 5.41) is 24.6. The lowest BCUT2D eigenvalue weighted by Gasteiger charge is -2.02. The molecule has 1 aromatic heterocycles. The van der Waals surface area contributed by atoms with Gasteiger partial charge in [-0.1, -0.05) is 25.2 Å². The summed E-state index contributed by atoms with van der Waals surface area (Å²) in [7, 11) is 0. The van der Waals surface area contributed by atoms with E-state index >= 15 is 0 Å². The summed E-state index contributed by atoms with van der Waals surface area (Å²) < 4.78 is 0. The molecule has 0 radical (unpaired) electrons. The summed E-state index contributed by atoms with van der Waals surface area (Å²) in [5.74, 6) is -0.644. The van der Waals surface area contributed by atoms with Crippen molar-refractivity contribution in [2.24, 2.45) is 0 Å². The maximum absolute atomic E-state index is 11.8. The summed E-state index contributed by atoms with van der Waals surface area (Å²) in [6.07, 6.45) is 2.74. The maximum atomic E-state index is 11.8. The van der Waals surface area contributed by atoms with Gasteiger partial charge in [-0.05, 0) is 23.8 Å². The fourth-order valence-corrected chi connectivity index (χ4v) is 2.55. The van der Waals surface area contributed by atoms with Crippen molar-refractivity contribution in [3.05, 3.63) is 51.0 Å². The van der Waals surface area contributed by atoms with E-state index in [1.54, 1.807) is 0 Å². The number of nitro groups is 1. The molecule has 2 aromatic rings. The average molecular weight is 375 g/mol. The summed E-state index contributed by atoms with van der Waals surface area (Å²) >= 11 is 1.29. The van der Waals surface area contributed by atoms with Crippen LogP contribution in [0.4, 0.5) is 10.8 Å². The Morgan fingerprint density at radius 3 is 2.54 bits per heavy atom. The molecule has 0 aliphatic carbocycles. The largest absolute Gasteiger partial charge is 0.343 e. The number of hydrogen-bond acceptors (Lipinski definition) is 7. The second kappa shape index (κ2) is 8.81. The number of carbonyl (C=O) groups excluding carboxylic acids is 2. The van der Waals surface area contributed by atoms with E-state index in [2.05, 4.69) is 20.8 Å². The number of non-ortho nitro benzene ring substituents is 1. The van der Waals surface area contributed by atoms with Crippen LogP contribution in [-0.2, 0) is 9.59 Å². The van der Waals surface area contributed by atoms with E-state index in [0.717, 1.165) is 5.01 Å². The Morgan fingerprint density at radius 2 is 1.96 bits per heavy atom. The number of rotatable bonds is 7. The van der Waals surface area contributed by atoms with Gasteiger partial charge in [0.15, 0.2) is 0 Å². The molecule has 0 fully saturated rings. The molecule has 136 valence electrons. The van der Waals surface area contributed by atoms with E-state index in [-0.39, 0.29) is 18.2 Å². The normalized spacial score (nSPS) is 10.9. The average Bonchev–Trinajstić information content (AvgIpc) is 3.07. The number of carbonyl (C=O) groups is 2. The highest BCUT2D eigenvalue weighted by Gasteiger charge is 2.10. The van der Waals surface area contributed by atoms with Gasteiger partial charge in [0.2, 0.25) is 16.9 Å². The van der Waals surface area contributed by atoms with Crippen molar-refractivity contribution in [1.29, 1.82) is 0 Å². The van der Waals surface area contributed by atoms with Crippen LogP contribution in [0.5, 0.6) is 0 Å². The van der Waals surface area contributed by atoms with Gasteiger partial charge < -0.3 is 5.32 Å². The zero-order chi connectivity index (χ0) is 19.1. The molecule has 2 rings (SSSR count). The van der Waals surface area contributed by atoms with Gasteiger partial charge in [-0.3, -0.25) is 25.0 Å². The van der Waals surface area contributed by atoms with Gasteiger partial charge in [-0.25, -0.2) is 0 Å². The monoisotopic (exact) mass is 375 g/mol. The van der Waals surface area contributed by atoms with Crippen molar-refractivity contribution in [3.8, 4) is 0 Å². The fraction of sp³-hybridized carbons (Fsp3) is 0.250. The predicted octanol–water partition coefficient (Wildman–Crippen LogP) is 2.34. The predicted molar refractivity (Wildman–Crippen MR) is 97.8 cm³/mol. The van der Waals surface area contributed by atoms with Crippen LogP contribution in [0.1, 0.15) is 30.3 Å². The number of nitrogens with zero attached hydrogens (tertiary/aromatic N) is 3. The van der Waals surface area contributed by atoms with Crippen molar-refractivity contribution in [3.63, 3.8) is 0 Å². The van der Waals surface area contributed by atoms with Crippen molar-refractivity contribution >= 4 is 40.0 Å². The molecule has 1 aromatic carbocycles. The van der Waals surface area contributed by atoms with E-state index in [9.17, 15) is 19.7 Å². The lowest BCUT2D eigenvalue weighted by Crippen LogP contribution is -2.31. The second-order valence-corrected chi connectivity index (χ2v) is 6.56. The van der Waals surface area contributed by atoms with E-state index in [0.29, 0.717) is 10.7 Å². The molecule has 2 N–H and O–H groups in total. The summed E-state index contributed by atoms with van der Waals surface area (Å²) in [6.45, 7) is 3.74. The maximum Gasteiger partial charge on any atom is 0.269 e. The van der Waals surface area contributed by atoms with E-state index < -0.39 is 16.7 Å². The molecular weight excluding hydrogens is 358 g/mol. The van der Waals surface area contributed by atoms with Gasteiger partial charge in [-0.15, -0.1) is 10.2 Å². The van der Waals surface area contributed by atoms with Crippen LogP contribution < -0.4 is 10.6 Å². The van der Waals surface area contributed by atoms with Gasteiger partial charge in [-0.2, -0.15) is 0 Å². The third kappa shape index (κ3) is 5.74. The highest BCUT2D eigenvalue weighted by molar-refractivity contribution is 7.15. The van der Waals surface area contributed by atoms with Crippen LogP contribution in [0.2, 0.25) is 0 Å². The SMILES string of the molecule is CC(C)c1nnc(NC(=O)CNC(=O)/C=C/c2ccc([N+](=O)[O-])cc2)s1. The minimum absolute atomic E-state index is 0.0272. The molecule has 26 heavy (non-hydrogen) atoms. The third-order valence-corrected chi connectivity index (χ3v) is 4.27. The molecular formula is C16H17N5O4S. The van der Waals surface area contributed by atoms with Gasteiger partial charge in [0, 0.05) is 24.1 Å². The standard InChI is InChI=1S/C16H17N5O4S/c1-10(2)15-19-20-16(26-15)18-14(23)9-17-13(22)8-5-11-3-6-12(7-4-11)21(24)25/h3-8,10H,9H2,1-2H3,(H,17,22)(H,18,20,23)/b8-5+. The molecule has 0 bridgehead atoms. The van der Waals surface area contributed by atoms with Crippen LogP contribution in [0, 0.1) is 10.1 Å². The fourth-order valence-electron chi connectivity index (χ4n) is 1.79. The Labute approximate surface area is 153 Å². The van der Waals surface area contributed by atoms with Crippen molar-refractivity contribution in [2.75, 3.05) is 11.9 Å². The van der Waals surface area contributed by atoms with E-state index in [4.69, 9.17) is 0 Å². The van der Waals surface area contributed by atoms with Crippen LogP contribution >= 0.6 is 11.3 Å². The number of amides is 2. The lowest BCUT2D eigenvalue weighted by atomic mass is 10.2. The van der Waals surface area contributed by atoms with Crippen molar-refractivity contribution in [1.82, 2.24) is 15.5 Å². The first-order valence-electron chi connectivity index (χ1n) is 7.68. The summed E-state index contributed by atoms with van der Waals surface area (Å²) in [4.78, 5) is 33.6. The molecule has 2 amide bonds. The van der Waals surface area contributed by atoms with Crippen LogP contribution in [-0.4, -0.2) is 33.5 Å². The first kappa shape index (κ1) is 19.2. The van der Waals surface area contributed by atoms with Gasteiger partial charge in [0.25, 0.3) is 5.69 Å². The number of nitrogens with one attached hydrogen (secondary N) is 2. The Bertz CT molecular complexity index is 829. The minimum atomic E-state index is -0.499. The molecule has 10 heteroatoms. The minimum Gasteiger partial charge on any atom is -0.343 e. The lowest BCUT2D eigenvalue weighted by molar-refractivity contribution is -0.384. The Kier molecular flexibility index (Phi) is 6.50. The molecule has 0 spiro atoms.